The number of ether oxygens (including phenoxy) is 1. The lowest BCUT2D eigenvalue weighted by atomic mass is 10.0. The Bertz CT molecular complexity index is 276. The fourth-order valence-electron chi connectivity index (χ4n) is 2.31. The standard InChI is InChI=1S/C17H32O4/c1-3-5-7-8-10-12-15(11-9-6-4-2)21-17(20)14-13-16(18)19/h15H,3-14H2,1-2H3,(H,18,19). The van der Waals surface area contributed by atoms with Crippen LogP contribution in [0.2, 0.25) is 0 Å². The highest BCUT2D eigenvalue weighted by molar-refractivity contribution is 5.76. The maximum Gasteiger partial charge on any atom is 0.306 e. The molecule has 0 aliphatic heterocycles. The van der Waals surface area contributed by atoms with Crippen LogP contribution in [-0.2, 0) is 14.3 Å². The molecule has 4 nitrogen and oxygen atoms in total. The first-order chi connectivity index (χ1) is 10.1. The van der Waals surface area contributed by atoms with Gasteiger partial charge in [0.1, 0.15) is 6.10 Å². The predicted molar refractivity (Wildman–Crippen MR) is 84.3 cm³/mol. The van der Waals surface area contributed by atoms with E-state index in [9.17, 15) is 9.59 Å². The van der Waals surface area contributed by atoms with Crippen LogP contribution in [0, 0.1) is 0 Å². The number of esters is 1. The molecular weight excluding hydrogens is 268 g/mol. The highest BCUT2D eigenvalue weighted by Crippen LogP contribution is 2.16. The fourth-order valence-corrected chi connectivity index (χ4v) is 2.31. The van der Waals surface area contributed by atoms with Crippen LogP contribution in [0.4, 0.5) is 0 Å². The van der Waals surface area contributed by atoms with Crippen molar-refractivity contribution in [3.63, 3.8) is 0 Å². The second kappa shape index (κ2) is 13.9. The quantitative estimate of drug-likeness (QED) is 0.373. The maximum atomic E-state index is 11.6. The Labute approximate surface area is 129 Å². The van der Waals surface area contributed by atoms with Gasteiger partial charge in [-0.15, -0.1) is 0 Å². The van der Waals surface area contributed by atoms with Crippen LogP contribution in [0.3, 0.4) is 0 Å². The molecule has 0 aromatic heterocycles. The van der Waals surface area contributed by atoms with Crippen molar-refractivity contribution in [2.45, 2.75) is 97.0 Å². The molecular formula is C17H32O4. The minimum atomic E-state index is -0.950. The van der Waals surface area contributed by atoms with Gasteiger partial charge in [0.05, 0.1) is 12.8 Å². The first-order valence-electron chi connectivity index (χ1n) is 8.51. The Kier molecular flexibility index (Phi) is 13.2. The van der Waals surface area contributed by atoms with Crippen LogP contribution in [0.15, 0.2) is 0 Å². The molecule has 0 aliphatic carbocycles. The van der Waals surface area contributed by atoms with E-state index >= 15 is 0 Å². The SMILES string of the molecule is CCCCCCCC(CCCCC)OC(=O)CCC(=O)O. The van der Waals surface area contributed by atoms with Crippen molar-refractivity contribution in [3.05, 3.63) is 0 Å². The predicted octanol–water partition coefficient (Wildman–Crippen LogP) is 4.70. The van der Waals surface area contributed by atoms with Crippen molar-refractivity contribution in [2.75, 3.05) is 0 Å². The monoisotopic (exact) mass is 300 g/mol. The maximum absolute atomic E-state index is 11.6. The molecule has 0 bridgehead atoms. The van der Waals surface area contributed by atoms with Crippen LogP contribution in [0.1, 0.15) is 90.9 Å². The van der Waals surface area contributed by atoms with Gasteiger partial charge in [0.15, 0.2) is 0 Å². The van der Waals surface area contributed by atoms with E-state index in [4.69, 9.17) is 9.84 Å². The van der Waals surface area contributed by atoms with E-state index in [1.807, 2.05) is 0 Å². The number of carbonyl (C=O) groups excluding carboxylic acids is 1. The zero-order valence-corrected chi connectivity index (χ0v) is 13.7. The molecule has 0 rings (SSSR count). The summed E-state index contributed by atoms with van der Waals surface area (Å²) in [6.45, 7) is 4.34. The molecule has 1 unspecified atom stereocenters. The number of hydrogen-bond acceptors (Lipinski definition) is 3. The second-order valence-corrected chi connectivity index (χ2v) is 5.70. The summed E-state index contributed by atoms with van der Waals surface area (Å²) >= 11 is 0. The fraction of sp³-hybridized carbons (Fsp3) is 0.882. The molecule has 1 N–H and O–H groups in total. The Hall–Kier alpha value is -1.06. The largest absolute Gasteiger partial charge is 0.481 e. The van der Waals surface area contributed by atoms with E-state index in [-0.39, 0.29) is 24.9 Å². The van der Waals surface area contributed by atoms with Crippen LogP contribution in [0.5, 0.6) is 0 Å². The van der Waals surface area contributed by atoms with Crippen LogP contribution in [-0.4, -0.2) is 23.1 Å². The van der Waals surface area contributed by atoms with Crippen molar-refractivity contribution in [1.29, 1.82) is 0 Å². The molecule has 124 valence electrons. The van der Waals surface area contributed by atoms with Crippen molar-refractivity contribution < 1.29 is 19.4 Å². The zero-order valence-electron chi connectivity index (χ0n) is 13.7. The molecule has 0 aromatic rings. The van der Waals surface area contributed by atoms with Crippen LogP contribution >= 0.6 is 0 Å². The number of unbranched alkanes of at least 4 members (excludes halogenated alkanes) is 6. The average molecular weight is 300 g/mol. The topological polar surface area (TPSA) is 63.6 Å². The number of carbonyl (C=O) groups is 2. The highest BCUT2D eigenvalue weighted by Gasteiger charge is 2.15. The summed E-state index contributed by atoms with van der Waals surface area (Å²) in [5.41, 5.74) is 0. The number of carboxylic acid groups (broad SMARTS) is 1. The molecule has 0 radical (unpaired) electrons. The summed E-state index contributed by atoms with van der Waals surface area (Å²) in [7, 11) is 0. The molecule has 0 fully saturated rings. The molecule has 21 heavy (non-hydrogen) atoms. The Morgan fingerprint density at radius 2 is 1.38 bits per heavy atom. The van der Waals surface area contributed by atoms with E-state index in [0.717, 1.165) is 38.5 Å². The lowest BCUT2D eigenvalue weighted by Gasteiger charge is -2.17. The van der Waals surface area contributed by atoms with Crippen molar-refractivity contribution in [3.8, 4) is 0 Å². The molecule has 1 atom stereocenters. The van der Waals surface area contributed by atoms with Gasteiger partial charge < -0.3 is 9.84 Å². The van der Waals surface area contributed by atoms with Gasteiger partial charge in [0, 0.05) is 0 Å². The lowest BCUT2D eigenvalue weighted by molar-refractivity contribution is -0.152. The van der Waals surface area contributed by atoms with E-state index in [2.05, 4.69) is 13.8 Å². The van der Waals surface area contributed by atoms with E-state index in [1.54, 1.807) is 0 Å². The van der Waals surface area contributed by atoms with Crippen molar-refractivity contribution in [1.82, 2.24) is 0 Å². The number of carboxylic acids is 1. The first-order valence-corrected chi connectivity index (χ1v) is 8.51. The van der Waals surface area contributed by atoms with Gasteiger partial charge in [-0.2, -0.15) is 0 Å². The van der Waals surface area contributed by atoms with Gasteiger partial charge in [0.2, 0.25) is 0 Å². The minimum Gasteiger partial charge on any atom is -0.481 e. The molecule has 0 saturated carbocycles. The molecule has 4 heteroatoms. The van der Waals surface area contributed by atoms with Gasteiger partial charge in [-0.1, -0.05) is 52.4 Å². The third-order valence-corrected chi connectivity index (χ3v) is 3.60. The summed E-state index contributed by atoms with van der Waals surface area (Å²) in [6, 6.07) is 0. The summed E-state index contributed by atoms with van der Waals surface area (Å²) in [5.74, 6) is -1.32. The smallest absolute Gasteiger partial charge is 0.306 e. The molecule has 0 saturated heterocycles. The average Bonchev–Trinajstić information content (AvgIpc) is 2.45. The summed E-state index contributed by atoms with van der Waals surface area (Å²) in [4.78, 5) is 22.1. The number of rotatable bonds is 14. The number of hydrogen-bond donors (Lipinski definition) is 1. The highest BCUT2D eigenvalue weighted by atomic mass is 16.5. The van der Waals surface area contributed by atoms with Gasteiger partial charge in [0.25, 0.3) is 0 Å². The van der Waals surface area contributed by atoms with E-state index in [0.29, 0.717) is 0 Å². The second-order valence-electron chi connectivity index (χ2n) is 5.70. The van der Waals surface area contributed by atoms with E-state index in [1.165, 1.54) is 25.7 Å². The molecule has 0 spiro atoms. The molecule has 0 amide bonds. The Balaban J connectivity index is 3.99. The summed E-state index contributed by atoms with van der Waals surface area (Å²) in [5, 5.41) is 8.59. The van der Waals surface area contributed by atoms with Gasteiger partial charge >= 0.3 is 11.9 Å². The minimum absolute atomic E-state index is 0.0184. The molecule has 0 heterocycles. The van der Waals surface area contributed by atoms with Gasteiger partial charge in [-0.25, -0.2) is 0 Å². The van der Waals surface area contributed by atoms with Crippen LogP contribution < -0.4 is 0 Å². The molecule has 0 aliphatic rings. The lowest BCUT2D eigenvalue weighted by Crippen LogP contribution is -2.19. The Morgan fingerprint density at radius 1 is 0.857 bits per heavy atom. The van der Waals surface area contributed by atoms with E-state index < -0.39 is 5.97 Å². The Morgan fingerprint density at radius 3 is 1.95 bits per heavy atom. The third-order valence-electron chi connectivity index (χ3n) is 3.60. The summed E-state index contributed by atoms with van der Waals surface area (Å²) < 4.78 is 5.45. The zero-order chi connectivity index (χ0) is 15.9. The van der Waals surface area contributed by atoms with Gasteiger partial charge in [-0.3, -0.25) is 9.59 Å². The van der Waals surface area contributed by atoms with Crippen LogP contribution in [0.25, 0.3) is 0 Å². The molecule has 0 aromatic carbocycles. The summed E-state index contributed by atoms with van der Waals surface area (Å²) in [6.07, 6.45) is 11.0. The normalized spacial score (nSPS) is 12.1. The van der Waals surface area contributed by atoms with Crippen molar-refractivity contribution in [2.24, 2.45) is 0 Å². The number of aliphatic carboxylic acids is 1. The van der Waals surface area contributed by atoms with Gasteiger partial charge in [-0.05, 0) is 25.7 Å². The van der Waals surface area contributed by atoms with Crippen molar-refractivity contribution >= 4 is 11.9 Å². The first kappa shape index (κ1) is 19.9. The third kappa shape index (κ3) is 13.7.